The molecule has 2 aromatic carbocycles. The summed E-state index contributed by atoms with van der Waals surface area (Å²) in [6, 6.07) is 9.26. The number of hydrogen-bond acceptors (Lipinski definition) is 6. The number of carbonyl (C=O) groups excluding carboxylic acids is 2. The van der Waals surface area contributed by atoms with Crippen LogP contribution in [0.15, 0.2) is 47.4 Å². The third-order valence-electron chi connectivity index (χ3n) is 4.45. The fourth-order valence-corrected chi connectivity index (χ4v) is 3.85. The highest BCUT2D eigenvalue weighted by Gasteiger charge is 2.49. The zero-order valence-electron chi connectivity index (χ0n) is 15.8. The number of alkyl carbamates (subject to hydrolysis) is 1. The van der Waals surface area contributed by atoms with Crippen molar-refractivity contribution in [3.63, 3.8) is 0 Å². The van der Waals surface area contributed by atoms with E-state index in [-0.39, 0.29) is 29.4 Å². The van der Waals surface area contributed by atoms with Crippen LogP contribution < -0.4 is 10.2 Å². The van der Waals surface area contributed by atoms with Gasteiger partial charge in [-0.05, 0) is 48.0 Å². The summed E-state index contributed by atoms with van der Waals surface area (Å²) < 4.78 is 41.3. The van der Waals surface area contributed by atoms with E-state index in [0.29, 0.717) is 11.3 Å². The molecule has 3 rings (SSSR count). The van der Waals surface area contributed by atoms with Crippen molar-refractivity contribution in [1.82, 2.24) is 5.32 Å². The molecule has 1 saturated heterocycles. The van der Waals surface area contributed by atoms with Gasteiger partial charge in [0.15, 0.2) is 9.84 Å². The summed E-state index contributed by atoms with van der Waals surface area (Å²) in [7, 11) is -3.39. The smallest absolute Gasteiger partial charge is 0.407 e. The summed E-state index contributed by atoms with van der Waals surface area (Å²) >= 11 is 5.75. The molecule has 160 valence electrons. The van der Waals surface area contributed by atoms with Crippen molar-refractivity contribution in [2.24, 2.45) is 0 Å². The van der Waals surface area contributed by atoms with E-state index in [0.717, 1.165) is 12.3 Å². The largest absolute Gasteiger partial charge is 0.410 e. The number of ether oxygens (including phenoxy) is 1. The maximum atomic E-state index is 13.3. The molecule has 1 atom stereocenters. The second kappa shape index (κ2) is 8.21. The Hall–Kier alpha value is -2.69. The van der Waals surface area contributed by atoms with Crippen molar-refractivity contribution in [3.05, 3.63) is 58.9 Å². The van der Waals surface area contributed by atoms with E-state index in [9.17, 15) is 27.5 Å². The van der Waals surface area contributed by atoms with Gasteiger partial charge in [-0.1, -0.05) is 11.6 Å². The van der Waals surface area contributed by atoms with E-state index < -0.39 is 33.4 Å². The minimum Gasteiger partial charge on any atom is -0.407 e. The average molecular weight is 457 g/mol. The average Bonchev–Trinajstić information content (AvgIpc) is 2.93. The number of aliphatic hydroxyl groups is 1. The molecule has 0 bridgehead atoms. The number of sulfone groups is 1. The highest BCUT2D eigenvalue weighted by atomic mass is 35.5. The van der Waals surface area contributed by atoms with Gasteiger partial charge in [0.1, 0.15) is 5.82 Å². The van der Waals surface area contributed by atoms with Crippen LogP contribution >= 0.6 is 11.6 Å². The number of benzene rings is 2. The van der Waals surface area contributed by atoms with Crippen molar-refractivity contribution >= 4 is 39.1 Å². The SMILES string of the molecule is CS(=O)(=O)c1ccc(N2CC[C@](O)(OC(=O)NCc3cc(F)cc(Cl)c3)C2=O)cc1. The molecule has 0 saturated carbocycles. The van der Waals surface area contributed by atoms with Crippen LogP contribution in [0.2, 0.25) is 5.02 Å². The van der Waals surface area contributed by atoms with Gasteiger partial charge in [-0.3, -0.25) is 4.79 Å². The van der Waals surface area contributed by atoms with Crippen LogP contribution in [0.5, 0.6) is 0 Å². The highest BCUT2D eigenvalue weighted by Crippen LogP contribution is 2.30. The lowest BCUT2D eigenvalue weighted by Crippen LogP contribution is -2.46. The second-order valence-electron chi connectivity index (χ2n) is 6.78. The molecule has 0 unspecified atom stereocenters. The third-order valence-corrected chi connectivity index (χ3v) is 5.80. The van der Waals surface area contributed by atoms with Crippen LogP contribution in [0.4, 0.5) is 14.9 Å². The Morgan fingerprint density at radius 3 is 2.57 bits per heavy atom. The quantitative estimate of drug-likeness (QED) is 0.667. The molecule has 30 heavy (non-hydrogen) atoms. The Bertz CT molecular complexity index is 1070. The van der Waals surface area contributed by atoms with Crippen molar-refractivity contribution in [3.8, 4) is 0 Å². The van der Waals surface area contributed by atoms with E-state index in [1.165, 1.54) is 41.3 Å². The number of rotatable bonds is 5. The van der Waals surface area contributed by atoms with Crippen LogP contribution in [0.1, 0.15) is 12.0 Å². The Kier molecular flexibility index (Phi) is 6.02. The predicted molar refractivity (Wildman–Crippen MR) is 106 cm³/mol. The molecular weight excluding hydrogens is 439 g/mol. The monoisotopic (exact) mass is 456 g/mol. The highest BCUT2D eigenvalue weighted by molar-refractivity contribution is 7.90. The fraction of sp³-hybridized carbons (Fsp3) is 0.263. The first-order chi connectivity index (χ1) is 14.0. The normalized spacial score (nSPS) is 19.1. The zero-order chi connectivity index (χ0) is 22.1. The van der Waals surface area contributed by atoms with Crippen molar-refractivity contribution in [2.75, 3.05) is 17.7 Å². The van der Waals surface area contributed by atoms with Crippen LogP contribution in [0.3, 0.4) is 0 Å². The van der Waals surface area contributed by atoms with Gasteiger partial charge < -0.3 is 20.1 Å². The van der Waals surface area contributed by atoms with Crippen LogP contribution in [0.25, 0.3) is 0 Å². The van der Waals surface area contributed by atoms with Gasteiger partial charge in [-0.25, -0.2) is 17.6 Å². The number of nitrogens with zero attached hydrogens (tertiary/aromatic N) is 1. The van der Waals surface area contributed by atoms with Gasteiger partial charge in [0.2, 0.25) is 0 Å². The molecule has 2 aromatic rings. The standard InChI is InChI=1S/C19H18ClFN2O6S/c1-30(27,28)16-4-2-15(3-5-16)23-7-6-19(26,17(23)24)29-18(25)22-11-12-8-13(20)10-14(21)9-12/h2-5,8-10,26H,6-7,11H2,1H3,(H,22,25)/t19-/m0/s1. The third kappa shape index (κ3) is 4.89. The van der Waals surface area contributed by atoms with Crippen LogP contribution in [0, 0.1) is 5.82 Å². The van der Waals surface area contributed by atoms with Gasteiger partial charge in [-0.15, -0.1) is 0 Å². The maximum absolute atomic E-state index is 13.3. The molecule has 0 aromatic heterocycles. The Morgan fingerprint density at radius 2 is 1.97 bits per heavy atom. The van der Waals surface area contributed by atoms with E-state index in [1.807, 2.05) is 0 Å². The molecular formula is C19H18ClFN2O6S. The lowest BCUT2D eigenvalue weighted by atomic mass is 10.2. The Balaban J connectivity index is 1.64. The maximum Gasteiger partial charge on any atom is 0.410 e. The number of halogens is 2. The van der Waals surface area contributed by atoms with Crippen molar-refractivity contribution < 1.29 is 32.2 Å². The van der Waals surface area contributed by atoms with Crippen LogP contribution in [-0.4, -0.2) is 44.1 Å². The number of anilines is 1. The number of hydrogen-bond donors (Lipinski definition) is 2. The summed E-state index contributed by atoms with van der Waals surface area (Å²) in [4.78, 5) is 25.9. The lowest BCUT2D eigenvalue weighted by molar-refractivity contribution is -0.175. The summed E-state index contributed by atoms with van der Waals surface area (Å²) in [6.07, 6.45) is -0.189. The zero-order valence-corrected chi connectivity index (χ0v) is 17.3. The molecule has 1 heterocycles. The number of nitrogens with one attached hydrogen (secondary N) is 1. The molecule has 0 spiro atoms. The molecule has 1 aliphatic heterocycles. The molecule has 1 aliphatic rings. The van der Waals surface area contributed by atoms with E-state index in [2.05, 4.69) is 5.32 Å². The molecule has 2 amide bonds. The summed E-state index contributed by atoms with van der Waals surface area (Å²) in [5.41, 5.74) is 0.719. The van der Waals surface area contributed by atoms with Gasteiger partial charge in [0.25, 0.3) is 11.7 Å². The Labute approximate surface area is 177 Å². The van der Waals surface area contributed by atoms with Gasteiger partial charge in [0, 0.05) is 36.5 Å². The van der Waals surface area contributed by atoms with Crippen LogP contribution in [-0.2, 0) is 25.9 Å². The van der Waals surface area contributed by atoms with Gasteiger partial charge >= 0.3 is 6.09 Å². The molecule has 8 nitrogen and oxygen atoms in total. The minimum atomic E-state index is -3.39. The fourth-order valence-electron chi connectivity index (χ4n) is 2.97. The van der Waals surface area contributed by atoms with E-state index >= 15 is 0 Å². The summed E-state index contributed by atoms with van der Waals surface area (Å²) in [6.45, 7) is -0.0718. The van der Waals surface area contributed by atoms with Crippen molar-refractivity contribution in [2.45, 2.75) is 23.6 Å². The van der Waals surface area contributed by atoms with Gasteiger partial charge in [-0.2, -0.15) is 0 Å². The minimum absolute atomic E-state index is 0.0559. The first kappa shape index (κ1) is 22.0. The Morgan fingerprint density at radius 1 is 1.30 bits per heavy atom. The molecule has 11 heteroatoms. The number of amides is 2. The first-order valence-electron chi connectivity index (χ1n) is 8.74. The summed E-state index contributed by atoms with van der Waals surface area (Å²) in [5.74, 6) is -3.81. The topological polar surface area (TPSA) is 113 Å². The molecule has 0 radical (unpaired) electrons. The second-order valence-corrected chi connectivity index (χ2v) is 9.23. The van der Waals surface area contributed by atoms with Gasteiger partial charge in [0.05, 0.1) is 4.90 Å². The molecule has 2 N–H and O–H groups in total. The molecule has 0 aliphatic carbocycles. The lowest BCUT2D eigenvalue weighted by Gasteiger charge is -2.22. The number of carbonyl (C=O) groups is 2. The van der Waals surface area contributed by atoms with E-state index in [1.54, 1.807) is 0 Å². The van der Waals surface area contributed by atoms with E-state index in [4.69, 9.17) is 16.3 Å². The first-order valence-corrected chi connectivity index (χ1v) is 11.0. The predicted octanol–water partition coefficient (Wildman–Crippen LogP) is 2.23. The molecule has 1 fully saturated rings. The summed E-state index contributed by atoms with van der Waals surface area (Å²) in [5, 5.41) is 13.0. The van der Waals surface area contributed by atoms with Crippen molar-refractivity contribution in [1.29, 1.82) is 0 Å².